The predicted octanol–water partition coefficient (Wildman–Crippen LogP) is 2.86. The Bertz CT molecular complexity index is 418. The summed E-state index contributed by atoms with van der Waals surface area (Å²) < 4.78 is 0. The highest BCUT2D eigenvalue weighted by atomic mass is 35.5. The van der Waals surface area contributed by atoms with Gasteiger partial charge >= 0.3 is 0 Å². The Labute approximate surface area is 87.7 Å². The Kier molecular flexibility index (Phi) is 3.73. The van der Waals surface area contributed by atoms with Gasteiger partial charge in [0.15, 0.2) is 0 Å². The summed E-state index contributed by atoms with van der Waals surface area (Å²) in [6, 6.07) is 11.2. The summed E-state index contributed by atoms with van der Waals surface area (Å²) in [7, 11) is 0. The zero-order chi connectivity index (χ0) is 10.4. The van der Waals surface area contributed by atoms with Gasteiger partial charge in [-0.25, -0.2) is 0 Å². The van der Waals surface area contributed by atoms with Crippen LogP contribution in [0.2, 0.25) is 0 Å². The molecule has 0 amide bonds. The van der Waals surface area contributed by atoms with E-state index in [1.807, 2.05) is 18.2 Å². The average molecular weight is 203 g/mol. The lowest BCUT2D eigenvalue weighted by molar-refractivity contribution is 1.26. The largest absolute Gasteiger partial charge is 0.198 e. The van der Waals surface area contributed by atoms with Crippen LogP contribution in [0.4, 0.5) is 0 Å². The van der Waals surface area contributed by atoms with E-state index in [1.165, 1.54) is 6.08 Å². The van der Waals surface area contributed by atoms with Gasteiger partial charge in [0.1, 0.15) is 0 Å². The van der Waals surface area contributed by atoms with E-state index in [2.05, 4.69) is 6.07 Å². The third-order valence-corrected chi connectivity index (χ3v) is 2.03. The topological polar surface area (TPSA) is 47.6 Å². The third-order valence-electron chi connectivity index (χ3n) is 1.70. The molecule has 0 saturated heterocycles. The Morgan fingerprint density at radius 3 is 2.43 bits per heavy atom. The molecule has 0 spiro atoms. The molecule has 2 nitrogen and oxygen atoms in total. The van der Waals surface area contributed by atoms with Crippen molar-refractivity contribution in [3.8, 4) is 12.1 Å². The van der Waals surface area contributed by atoms with Gasteiger partial charge in [0.05, 0.1) is 23.6 Å². The lowest BCUT2D eigenvalue weighted by Crippen LogP contribution is -1.82. The summed E-state index contributed by atoms with van der Waals surface area (Å²) in [4.78, 5) is 0. The maximum atomic E-state index is 8.45. The molecular formula is C11H7ClN2. The van der Waals surface area contributed by atoms with E-state index >= 15 is 0 Å². The average Bonchev–Trinajstić information content (AvgIpc) is 2.20. The van der Waals surface area contributed by atoms with Crippen LogP contribution in [0.1, 0.15) is 11.1 Å². The first kappa shape index (κ1) is 10.3. The molecule has 0 fully saturated rings. The van der Waals surface area contributed by atoms with E-state index in [1.54, 1.807) is 12.1 Å². The molecule has 1 aromatic rings. The number of rotatable bonds is 2. The number of halogens is 1. The van der Waals surface area contributed by atoms with E-state index in [0.717, 1.165) is 11.1 Å². The number of nitrogens with zero attached hydrogens (tertiary/aromatic N) is 2. The standard InChI is InChI=1S/C11H7ClN2/c12-11(6-8-14)10-3-1-9(2-4-10)5-7-13/h1-4,6H,5H2/b11-6+. The molecule has 0 N–H and O–H groups in total. The Balaban J connectivity index is 2.91. The van der Waals surface area contributed by atoms with Crippen LogP contribution in [0.15, 0.2) is 30.3 Å². The van der Waals surface area contributed by atoms with E-state index < -0.39 is 0 Å². The van der Waals surface area contributed by atoms with E-state index in [0.29, 0.717) is 11.5 Å². The fourth-order valence-electron chi connectivity index (χ4n) is 1.01. The molecule has 0 bridgehead atoms. The Morgan fingerprint density at radius 2 is 1.93 bits per heavy atom. The first-order chi connectivity index (χ1) is 6.77. The van der Waals surface area contributed by atoms with Crippen molar-refractivity contribution < 1.29 is 0 Å². The normalized spacial score (nSPS) is 10.4. The zero-order valence-corrected chi connectivity index (χ0v) is 8.12. The van der Waals surface area contributed by atoms with Crippen molar-refractivity contribution >= 4 is 16.6 Å². The van der Waals surface area contributed by atoms with Crippen LogP contribution in [0.25, 0.3) is 5.03 Å². The molecule has 0 heterocycles. The quantitative estimate of drug-likeness (QED) is 0.693. The molecule has 0 radical (unpaired) electrons. The van der Waals surface area contributed by atoms with Crippen LogP contribution in [0, 0.1) is 22.7 Å². The van der Waals surface area contributed by atoms with Gasteiger partial charge in [0.2, 0.25) is 0 Å². The third kappa shape index (κ3) is 2.62. The molecule has 0 atom stereocenters. The van der Waals surface area contributed by atoms with Crippen molar-refractivity contribution in [3.05, 3.63) is 41.5 Å². The minimum absolute atomic E-state index is 0.389. The molecule has 0 unspecified atom stereocenters. The predicted molar refractivity (Wildman–Crippen MR) is 55.2 cm³/mol. The molecule has 68 valence electrons. The molecule has 0 aliphatic carbocycles. The van der Waals surface area contributed by atoms with Crippen molar-refractivity contribution in [1.82, 2.24) is 0 Å². The number of allylic oxidation sites excluding steroid dienone is 1. The van der Waals surface area contributed by atoms with Gasteiger partial charge in [0, 0.05) is 6.08 Å². The summed E-state index contributed by atoms with van der Waals surface area (Å²) in [5.74, 6) is 0. The van der Waals surface area contributed by atoms with Gasteiger partial charge in [-0.15, -0.1) is 0 Å². The van der Waals surface area contributed by atoms with Crippen LogP contribution in [-0.2, 0) is 6.42 Å². The molecule has 14 heavy (non-hydrogen) atoms. The highest BCUT2D eigenvalue weighted by Gasteiger charge is 1.97. The molecule has 0 aliphatic heterocycles. The molecule has 3 heteroatoms. The molecule has 0 saturated carbocycles. The van der Waals surface area contributed by atoms with Crippen molar-refractivity contribution in [2.24, 2.45) is 0 Å². The molecule has 0 aromatic heterocycles. The van der Waals surface area contributed by atoms with Crippen molar-refractivity contribution in [1.29, 1.82) is 10.5 Å². The van der Waals surface area contributed by atoms with Gasteiger partial charge in [0.25, 0.3) is 0 Å². The monoisotopic (exact) mass is 202 g/mol. The number of hydrogen-bond donors (Lipinski definition) is 0. The second-order valence-corrected chi connectivity index (χ2v) is 3.06. The van der Waals surface area contributed by atoms with Crippen LogP contribution in [0.5, 0.6) is 0 Å². The minimum Gasteiger partial charge on any atom is -0.198 e. The second-order valence-electron chi connectivity index (χ2n) is 2.65. The first-order valence-corrected chi connectivity index (χ1v) is 4.37. The van der Waals surface area contributed by atoms with Gasteiger partial charge in [-0.05, 0) is 11.1 Å². The number of hydrogen-bond acceptors (Lipinski definition) is 2. The fraction of sp³-hybridized carbons (Fsp3) is 0.0909. The van der Waals surface area contributed by atoms with Crippen molar-refractivity contribution in [3.63, 3.8) is 0 Å². The molecule has 1 aromatic carbocycles. The van der Waals surface area contributed by atoms with E-state index in [9.17, 15) is 0 Å². The lowest BCUT2D eigenvalue weighted by Gasteiger charge is -1.98. The smallest absolute Gasteiger partial charge is 0.0927 e. The lowest BCUT2D eigenvalue weighted by atomic mass is 10.1. The SMILES string of the molecule is N#C/C=C(/Cl)c1ccc(CC#N)cc1. The van der Waals surface area contributed by atoms with Gasteiger partial charge in [-0.3, -0.25) is 0 Å². The highest BCUT2D eigenvalue weighted by Crippen LogP contribution is 2.18. The van der Waals surface area contributed by atoms with Gasteiger partial charge in [-0.2, -0.15) is 10.5 Å². The maximum Gasteiger partial charge on any atom is 0.0927 e. The molecule has 1 rings (SSSR count). The van der Waals surface area contributed by atoms with Crippen LogP contribution in [-0.4, -0.2) is 0 Å². The second kappa shape index (κ2) is 5.07. The minimum atomic E-state index is 0.389. The zero-order valence-electron chi connectivity index (χ0n) is 7.37. The first-order valence-electron chi connectivity index (χ1n) is 3.99. The summed E-state index contributed by atoms with van der Waals surface area (Å²) in [6.07, 6.45) is 1.67. The number of nitriles is 2. The Morgan fingerprint density at radius 1 is 1.29 bits per heavy atom. The van der Waals surface area contributed by atoms with Gasteiger partial charge < -0.3 is 0 Å². The maximum absolute atomic E-state index is 8.45. The summed E-state index contributed by atoms with van der Waals surface area (Å²) in [6.45, 7) is 0. The fourth-order valence-corrected chi connectivity index (χ4v) is 1.19. The Hall–Kier alpha value is -1.77. The highest BCUT2D eigenvalue weighted by molar-refractivity contribution is 6.48. The van der Waals surface area contributed by atoms with E-state index in [-0.39, 0.29) is 0 Å². The van der Waals surface area contributed by atoms with Crippen LogP contribution < -0.4 is 0 Å². The molecule has 0 aliphatic rings. The van der Waals surface area contributed by atoms with Crippen molar-refractivity contribution in [2.75, 3.05) is 0 Å². The van der Waals surface area contributed by atoms with Crippen LogP contribution in [0.3, 0.4) is 0 Å². The summed E-state index contributed by atoms with van der Waals surface area (Å²) in [5.41, 5.74) is 1.73. The van der Waals surface area contributed by atoms with Crippen molar-refractivity contribution in [2.45, 2.75) is 6.42 Å². The van der Waals surface area contributed by atoms with E-state index in [4.69, 9.17) is 22.1 Å². The number of benzene rings is 1. The summed E-state index contributed by atoms with van der Waals surface area (Å²) in [5, 5.41) is 17.2. The molecular weight excluding hydrogens is 196 g/mol. The van der Waals surface area contributed by atoms with Crippen LogP contribution >= 0.6 is 11.6 Å². The summed E-state index contributed by atoms with van der Waals surface area (Å²) >= 11 is 5.81. The van der Waals surface area contributed by atoms with Gasteiger partial charge in [-0.1, -0.05) is 35.9 Å².